The van der Waals surface area contributed by atoms with E-state index in [2.05, 4.69) is 15.1 Å². The summed E-state index contributed by atoms with van der Waals surface area (Å²) in [6, 6.07) is 5.58. The molecule has 0 bridgehead atoms. The first-order valence-corrected chi connectivity index (χ1v) is 10.0. The minimum Gasteiger partial charge on any atom is -0.382 e. The second kappa shape index (κ2) is 8.58. The summed E-state index contributed by atoms with van der Waals surface area (Å²) in [4.78, 5) is 20.6. The first-order chi connectivity index (χ1) is 16.4. The van der Waals surface area contributed by atoms with Gasteiger partial charge in [-0.3, -0.25) is 4.79 Å². The average Bonchev–Trinajstić information content (AvgIpc) is 3.12. The SMILES string of the molecule is Cc1nc(N)c2c(n1)c(C)nn2-c1ccc(NC(=O)[C@H](O)c2cccc(C(F)(F)F)c2)c(F)c1F. The molecule has 2 aromatic carbocycles. The van der Waals surface area contributed by atoms with Crippen LogP contribution in [0.2, 0.25) is 0 Å². The van der Waals surface area contributed by atoms with Crippen molar-refractivity contribution in [3.8, 4) is 5.69 Å². The topological polar surface area (TPSA) is 119 Å². The van der Waals surface area contributed by atoms with Crippen LogP contribution in [0.4, 0.5) is 33.5 Å². The fourth-order valence-electron chi connectivity index (χ4n) is 3.51. The van der Waals surface area contributed by atoms with E-state index in [4.69, 9.17) is 5.73 Å². The second-order valence-corrected chi connectivity index (χ2v) is 7.63. The van der Waals surface area contributed by atoms with Crippen LogP contribution >= 0.6 is 0 Å². The number of nitrogens with two attached hydrogens (primary N) is 1. The van der Waals surface area contributed by atoms with Gasteiger partial charge >= 0.3 is 6.18 Å². The number of aliphatic hydroxyl groups is 1. The Morgan fingerprint density at radius 3 is 2.51 bits per heavy atom. The second-order valence-electron chi connectivity index (χ2n) is 7.63. The number of anilines is 2. The number of aromatic nitrogens is 4. The molecule has 0 unspecified atom stereocenters. The normalized spacial score (nSPS) is 12.7. The van der Waals surface area contributed by atoms with Crippen molar-refractivity contribution >= 4 is 28.4 Å². The third kappa shape index (κ3) is 4.37. The molecule has 4 N–H and O–H groups in total. The number of rotatable bonds is 4. The fraction of sp³-hybridized carbons (Fsp3) is 0.182. The molecule has 0 radical (unpaired) electrons. The van der Waals surface area contributed by atoms with Crippen LogP contribution in [0.25, 0.3) is 16.7 Å². The molecule has 0 aliphatic heterocycles. The molecule has 13 heteroatoms. The number of aliphatic hydroxyl groups excluding tert-OH is 1. The van der Waals surface area contributed by atoms with E-state index in [-0.39, 0.29) is 22.6 Å². The van der Waals surface area contributed by atoms with Gasteiger partial charge in [-0.05, 0) is 43.7 Å². The zero-order chi connectivity index (χ0) is 25.7. The van der Waals surface area contributed by atoms with Gasteiger partial charge in [-0.15, -0.1) is 0 Å². The quantitative estimate of drug-likeness (QED) is 0.371. The molecular formula is C22H17F5N6O2. The van der Waals surface area contributed by atoms with Gasteiger partial charge in [0.25, 0.3) is 5.91 Å². The van der Waals surface area contributed by atoms with Gasteiger partial charge in [-0.2, -0.15) is 18.3 Å². The van der Waals surface area contributed by atoms with Crippen LogP contribution < -0.4 is 11.1 Å². The molecule has 0 spiro atoms. The maximum Gasteiger partial charge on any atom is 0.416 e. The van der Waals surface area contributed by atoms with Crippen molar-refractivity contribution in [1.29, 1.82) is 0 Å². The number of halogens is 5. The smallest absolute Gasteiger partial charge is 0.382 e. The highest BCUT2D eigenvalue weighted by molar-refractivity contribution is 5.95. The summed E-state index contributed by atoms with van der Waals surface area (Å²) in [7, 11) is 0. The minimum absolute atomic E-state index is 0.00510. The van der Waals surface area contributed by atoms with Crippen molar-refractivity contribution in [2.45, 2.75) is 26.1 Å². The first kappa shape index (κ1) is 24.0. The van der Waals surface area contributed by atoms with E-state index in [1.165, 1.54) is 0 Å². The average molecular weight is 492 g/mol. The number of nitrogens with zero attached hydrogens (tertiary/aromatic N) is 4. The molecule has 1 atom stereocenters. The van der Waals surface area contributed by atoms with E-state index in [1.54, 1.807) is 13.8 Å². The van der Waals surface area contributed by atoms with Crippen molar-refractivity contribution in [3.05, 3.63) is 70.7 Å². The van der Waals surface area contributed by atoms with Gasteiger partial charge in [-0.1, -0.05) is 12.1 Å². The molecular weight excluding hydrogens is 475 g/mol. The molecule has 35 heavy (non-hydrogen) atoms. The summed E-state index contributed by atoms with van der Waals surface area (Å²) >= 11 is 0. The molecule has 0 saturated heterocycles. The summed E-state index contributed by atoms with van der Waals surface area (Å²) in [5.74, 6) is -3.79. The Balaban J connectivity index is 1.66. The lowest BCUT2D eigenvalue weighted by Gasteiger charge is -2.15. The molecule has 0 aliphatic carbocycles. The monoisotopic (exact) mass is 492 g/mol. The summed E-state index contributed by atoms with van der Waals surface area (Å²) in [6.07, 6.45) is -6.77. The van der Waals surface area contributed by atoms with Crippen molar-refractivity contribution in [1.82, 2.24) is 19.7 Å². The van der Waals surface area contributed by atoms with Gasteiger partial charge in [0, 0.05) is 0 Å². The highest BCUT2D eigenvalue weighted by atomic mass is 19.4. The Morgan fingerprint density at radius 1 is 1.11 bits per heavy atom. The van der Waals surface area contributed by atoms with Crippen LogP contribution in [-0.2, 0) is 11.0 Å². The van der Waals surface area contributed by atoms with Crippen molar-refractivity contribution in [3.63, 3.8) is 0 Å². The number of nitrogens with one attached hydrogen (secondary N) is 1. The Labute approximate surface area is 194 Å². The lowest BCUT2D eigenvalue weighted by molar-refractivity contribution is -0.138. The van der Waals surface area contributed by atoms with E-state index < -0.39 is 41.1 Å². The number of fused-ring (bicyclic) bond motifs is 1. The molecule has 182 valence electrons. The molecule has 2 heterocycles. The number of nitrogen functional groups attached to an aromatic ring is 1. The zero-order valence-corrected chi connectivity index (χ0v) is 18.2. The molecule has 0 aliphatic rings. The van der Waals surface area contributed by atoms with Gasteiger partial charge in [0.15, 0.2) is 23.6 Å². The number of hydrogen-bond acceptors (Lipinski definition) is 6. The summed E-state index contributed by atoms with van der Waals surface area (Å²) in [5, 5.41) is 16.3. The number of alkyl halides is 3. The van der Waals surface area contributed by atoms with Gasteiger partial charge in [0.05, 0.1) is 16.9 Å². The van der Waals surface area contributed by atoms with Gasteiger partial charge < -0.3 is 16.2 Å². The number of aryl methyl sites for hydroxylation is 2. The molecule has 4 aromatic rings. The number of hydrogen-bond donors (Lipinski definition) is 3. The van der Waals surface area contributed by atoms with E-state index in [9.17, 15) is 31.9 Å². The van der Waals surface area contributed by atoms with Crippen molar-refractivity contribution in [2.75, 3.05) is 11.1 Å². The van der Waals surface area contributed by atoms with E-state index in [0.717, 1.165) is 35.0 Å². The third-order valence-electron chi connectivity index (χ3n) is 5.15. The van der Waals surface area contributed by atoms with Crippen LogP contribution in [0, 0.1) is 25.5 Å². The van der Waals surface area contributed by atoms with E-state index in [0.29, 0.717) is 23.1 Å². The molecule has 8 nitrogen and oxygen atoms in total. The molecule has 2 aromatic heterocycles. The standard InChI is InChI=1S/C22H17F5N6O2/c1-9-17-18(20(28)30-10(2)29-17)33(32-9)14-7-6-13(15(23)16(14)24)31-21(35)19(34)11-4-3-5-12(8-11)22(25,26)27/h3-8,19,34H,1-2H3,(H,31,35)(H2,28,29,30)/t19-/m1/s1. The molecule has 1 amide bonds. The van der Waals surface area contributed by atoms with Crippen LogP contribution in [-0.4, -0.2) is 30.8 Å². The zero-order valence-electron chi connectivity index (χ0n) is 18.2. The Bertz CT molecular complexity index is 1470. The fourth-order valence-corrected chi connectivity index (χ4v) is 3.51. The summed E-state index contributed by atoms with van der Waals surface area (Å²) in [5.41, 5.74) is 4.37. The van der Waals surface area contributed by atoms with Crippen LogP contribution in [0.15, 0.2) is 36.4 Å². The number of carbonyl (C=O) groups is 1. The van der Waals surface area contributed by atoms with Crippen LogP contribution in [0.3, 0.4) is 0 Å². The van der Waals surface area contributed by atoms with Gasteiger partial charge in [0.1, 0.15) is 22.5 Å². The predicted octanol–water partition coefficient (Wildman–Crippen LogP) is 3.98. The third-order valence-corrected chi connectivity index (χ3v) is 5.15. The number of benzene rings is 2. The van der Waals surface area contributed by atoms with E-state index in [1.807, 2.05) is 5.32 Å². The highest BCUT2D eigenvalue weighted by Gasteiger charge is 2.32. The summed E-state index contributed by atoms with van der Waals surface area (Å²) < 4.78 is 69.6. The minimum atomic E-state index is -4.70. The van der Waals surface area contributed by atoms with Crippen molar-refractivity contribution in [2.24, 2.45) is 0 Å². The van der Waals surface area contributed by atoms with Crippen LogP contribution in [0.1, 0.15) is 28.7 Å². The Hall–Kier alpha value is -4.13. The number of amides is 1. The lowest BCUT2D eigenvalue weighted by atomic mass is 10.0. The largest absolute Gasteiger partial charge is 0.416 e. The molecule has 0 fully saturated rings. The Kier molecular flexibility index (Phi) is 5.88. The highest BCUT2D eigenvalue weighted by Crippen LogP contribution is 2.32. The maximum absolute atomic E-state index is 15.0. The van der Waals surface area contributed by atoms with Gasteiger partial charge in [0.2, 0.25) is 0 Å². The van der Waals surface area contributed by atoms with Gasteiger partial charge in [-0.25, -0.2) is 23.4 Å². The molecule has 0 saturated carbocycles. The predicted molar refractivity (Wildman–Crippen MR) is 115 cm³/mol. The molecule has 4 rings (SSSR count). The number of carbonyl (C=O) groups excluding carboxylic acids is 1. The summed E-state index contributed by atoms with van der Waals surface area (Å²) in [6.45, 7) is 3.21. The first-order valence-electron chi connectivity index (χ1n) is 10.0. The lowest BCUT2D eigenvalue weighted by Crippen LogP contribution is -2.22. The van der Waals surface area contributed by atoms with Crippen LogP contribution in [0.5, 0.6) is 0 Å². The maximum atomic E-state index is 15.0. The van der Waals surface area contributed by atoms with Crippen molar-refractivity contribution < 1.29 is 31.9 Å². The van der Waals surface area contributed by atoms with E-state index >= 15 is 0 Å². The Morgan fingerprint density at radius 2 is 1.83 bits per heavy atom.